The van der Waals surface area contributed by atoms with Crippen molar-refractivity contribution >= 4 is 35.4 Å². The number of hydrogen-bond donors (Lipinski definition) is 4. The van der Waals surface area contributed by atoms with Gasteiger partial charge in [-0.3, -0.25) is 10.1 Å². The Bertz CT molecular complexity index is 1040. The molecule has 0 saturated heterocycles. The maximum absolute atomic E-state index is 13.0. The van der Waals surface area contributed by atoms with Gasteiger partial charge in [-0.2, -0.15) is 0 Å². The number of amides is 2. The smallest absolute Gasteiger partial charge is 0.411 e. The first-order valence-corrected chi connectivity index (χ1v) is 14.8. The normalized spacial score (nSPS) is 12.1. The van der Waals surface area contributed by atoms with Gasteiger partial charge in [0.25, 0.3) is 0 Å². The van der Waals surface area contributed by atoms with E-state index in [0.29, 0.717) is 12.8 Å². The first-order valence-electron chi connectivity index (χ1n) is 13.8. The molecule has 0 aliphatic heterocycles. The topological polar surface area (TPSA) is 125 Å². The third kappa shape index (κ3) is 13.6. The zero-order valence-corrected chi connectivity index (χ0v) is 24.7. The van der Waals surface area contributed by atoms with Crippen molar-refractivity contribution in [3.63, 3.8) is 0 Å². The van der Waals surface area contributed by atoms with Crippen LogP contribution in [0.1, 0.15) is 76.1 Å². The number of aromatic carboxylic acids is 1. The van der Waals surface area contributed by atoms with E-state index in [2.05, 4.69) is 66.2 Å². The van der Waals surface area contributed by atoms with E-state index in [-0.39, 0.29) is 30.3 Å². The lowest BCUT2D eigenvalue weighted by molar-refractivity contribution is -0.123. The van der Waals surface area contributed by atoms with Gasteiger partial charge >= 0.3 is 12.1 Å². The van der Waals surface area contributed by atoms with Gasteiger partial charge in [0.05, 0.1) is 11.3 Å². The largest absolute Gasteiger partial charge is 0.507 e. The summed E-state index contributed by atoms with van der Waals surface area (Å²) < 4.78 is 4.54. The van der Waals surface area contributed by atoms with Gasteiger partial charge in [0, 0.05) is 5.69 Å². The highest BCUT2D eigenvalue weighted by Crippen LogP contribution is 2.33. The molecule has 0 radical (unpaired) electrons. The van der Waals surface area contributed by atoms with Crippen LogP contribution in [-0.2, 0) is 9.53 Å². The predicted octanol–water partition coefficient (Wildman–Crippen LogP) is 7.24. The minimum absolute atomic E-state index is 0.0441. The zero-order valence-electron chi connectivity index (χ0n) is 23.9. The average Bonchev–Trinajstić information content (AvgIpc) is 2.94. The SMILES string of the molecule is CCC=CCC=CCC=CCC=CCCSC(CC)(CC)C(=O)NCCOC(=O)Nc1ccc(O)c(C(=O)O)c1. The molecule has 4 N–H and O–H groups in total. The lowest BCUT2D eigenvalue weighted by atomic mass is 10.0. The van der Waals surface area contributed by atoms with Crippen LogP contribution in [-0.4, -0.2) is 51.8 Å². The number of carboxylic acids is 1. The summed E-state index contributed by atoms with van der Waals surface area (Å²) in [6.45, 7) is 6.24. The molecule has 0 atom stereocenters. The molecule has 0 bridgehead atoms. The van der Waals surface area contributed by atoms with E-state index >= 15 is 0 Å². The minimum atomic E-state index is -1.32. The molecule has 0 spiro atoms. The molecular weight excluding hydrogens is 528 g/mol. The van der Waals surface area contributed by atoms with E-state index in [0.717, 1.165) is 43.9 Å². The van der Waals surface area contributed by atoms with E-state index in [1.165, 1.54) is 12.1 Å². The first-order chi connectivity index (χ1) is 19.3. The fourth-order valence-electron chi connectivity index (χ4n) is 3.67. The average molecular weight is 573 g/mol. The molecule has 1 aromatic carbocycles. The second-order valence-electron chi connectivity index (χ2n) is 8.89. The molecule has 1 aromatic rings. The molecule has 0 aliphatic rings. The number of nitrogens with one attached hydrogen (secondary N) is 2. The number of hydrogen-bond acceptors (Lipinski definition) is 6. The second-order valence-corrected chi connectivity index (χ2v) is 10.4. The van der Waals surface area contributed by atoms with Crippen molar-refractivity contribution in [2.24, 2.45) is 0 Å². The summed E-state index contributed by atoms with van der Waals surface area (Å²) in [7, 11) is 0. The van der Waals surface area contributed by atoms with Crippen LogP contribution in [0.5, 0.6) is 5.75 Å². The third-order valence-corrected chi connectivity index (χ3v) is 7.79. The molecule has 1 rings (SSSR count). The lowest BCUT2D eigenvalue weighted by Gasteiger charge is -2.29. The highest BCUT2D eigenvalue weighted by molar-refractivity contribution is 8.01. The van der Waals surface area contributed by atoms with Gasteiger partial charge in [0.15, 0.2) is 0 Å². The molecule has 0 saturated carbocycles. The van der Waals surface area contributed by atoms with E-state index in [4.69, 9.17) is 9.84 Å². The van der Waals surface area contributed by atoms with E-state index in [1.807, 2.05) is 13.8 Å². The van der Waals surface area contributed by atoms with Crippen LogP contribution in [0, 0.1) is 0 Å². The molecule has 0 aliphatic carbocycles. The first kappa shape index (κ1) is 34.6. The lowest BCUT2D eigenvalue weighted by Crippen LogP contribution is -2.45. The van der Waals surface area contributed by atoms with Crippen LogP contribution in [0.25, 0.3) is 0 Å². The maximum Gasteiger partial charge on any atom is 0.411 e. The predicted molar refractivity (Wildman–Crippen MR) is 164 cm³/mol. The Labute approximate surface area is 242 Å². The monoisotopic (exact) mass is 572 g/mol. The van der Waals surface area contributed by atoms with Gasteiger partial charge in [-0.15, -0.1) is 11.8 Å². The number of allylic oxidation sites excluding steroid dienone is 8. The third-order valence-electron chi connectivity index (χ3n) is 6.03. The summed E-state index contributed by atoms with van der Waals surface area (Å²) in [6, 6.07) is 3.67. The Morgan fingerprint density at radius 2 is 1.52 bits per heavy atom. The molecule has 0 heterocycles. The Morgan fingerprint density at radius 1 is 0.925 bits per heavy atom. The quantitative estimate of drug-likeness (QED) is 0.0782. The number of thioether (sulfide) groups is 1. The van der Waals surface area contributed by atoms with Crippen LogP contribution < -0.4 is 10.6 Å². The number of benzene rings is 1. The van der Waals surface area contributed by atoms with Crippen molar-refractivity contribution < 1.29 is 29.3 Å². The van der Waals surface area contributed by atoms with Gasteiger partial charge in [-0.25, -0.2) is 9.59 Å². The van der Waals surface area contributed by atoms with Crippen LogP contribution in [0.4, 0.5) is 10.5 Å². The summed E-state index contributed by atoms with van der Waals surface area (Å²) in [6.07, 6.45) is 22.7. The summed E-state index contributed by atoms with van der Waals surface area (Å²) in [5.41, 5.74) is -0.162. The molecule has 40 heavy (non-hydrogen) atoms. The van der Waals surface area contributed by atoms with Gasteiger partial charge in [-0.1, -0.05) is 69.4 Å². The number of rotatable bonds is 19. The van der Waals surface area contributed by atoms with Gasteiger partial charge in [-0.05, 0) is 68.9 Å². The summed E-state index contributed by atoms with van der Waals surface area (Å²) in [4.78, 5) is 36.1. The fraction of sp³-hybridized carbons (Fsp3) is 0.452. The highest BCUT2D eigenvalue weighted by atomic mass is 32.2. The van der Waals surface area contributed by atoms with Crippen molar-refractivity contribution in [2.75, 3.05) is 24.2 Å². The minimum Gasteiger partial charge on any atom is -0.507 e. The Balaban J connectivity index is 2.35. The van der Waals surface area contributed by atoms with Gasteiger partial charge < -0.3 is 20.3 Å². The second kappa shape index (κ2) is 20.4. The molecule has 0 fully saturated rings. The molecule has 0 unspecified atom stereocenters. The van der Waals surface area contributed by atoms with Crippen molar-refractivity contribution in [2.45, 2.75) is 70.5 Å². The molecule has 9 heteroatoms. The number of carbonyl (C=O) groups excluding carboxylic acids is 2. The standard InChI is InChI=1S/C31H44N2O6S/c1-4-7-8-9-10-11-12-13-14-15-16-17-18-23-40-31(5-2,6-3)29(37)32-21-22-39-30(38)33-25-19-20-27(34)26(24-25)28(35)36/h7-8,10-11,13-14,16-17,19-20,24,34H,4-6,9,12,15,18,21-23H2,1-3H3,(H,32,37)(H,33,38)(H,35,36). The summed E-state index contributed by atoms with van der Waals surface area (Å²) >= 11 is 1.65. The molecule has 0 aromatic heterocycles. The van der Waals surface area contributed by atoms with Crippen molar-refractivity contribution in [1.29, 1.82) is 0 Å². The highest BCUT2D eigenvalue weighted by Gasteiger charge is 2.34. The Hall–Kier alpha value is -3.46. The number of ether oxygens (including phenoxy) is 1. The van der Waals surface area contributed by atoms with Gasteiger partial charge in [0.1, 0.15) is 17.9 Å². The number of carboxylic acid groups (broad SMARTS) is 1. The fourth-order valence-corrected chi connectivity index (χ4v) is 4.93. The molecular formula is C31H44N2O6S. The van der Waals surface area contributed by atoms with Crippen LogP contribution >= 0.6 is 11.8 Å². The van der Waals surface area contributed by atoms with Gasteiger partial charge in [0.2, 0.25) is 5.91 Å². The number of anilines is 1. The van der Waals surface area contributed by atoms with Crippen molar-refractivity contribution in [3.8, 4) is 5.75 Å². The zero-order chi connectivity index (χ0) is 29.6. The molecule has 8 nitrogen and oxygen atoms in total. The number of phenols is 1. The van der Waals surface area contributed by atoms with Crippen LogP contribution in [0.3, 0.4) is 0 Å². The van der Waals surface area contributed by atoms with Crippen molar-refractivity contribution in [1.82, 2.24) is 5.32 Å². The molecule has 220 valence electrons. The van der Waals surface area contributed by atoms with Crippen LogP contribution in [0.15, 0.2) is 66.8 Å². The Kier molecular flexibility index (Phi) is 17.7. The maximum atomic E-state index is 13.0. The Morgan fingerprint density at radius 3 is 2.10 bits per heavy atom. The van der Waals surface area contributed by atoms with E-state index < -0.39 is 22.6 Å². The number of carbonyl (C=O) groups is 3. The van der Waals surface area contributed by atoms with Crippen molar-refractivity contribution in [3.05, 3.63) is 72.4 Å². The number of aromatic hydroxyl groups is 1. The summed E-state index contributed by atoms with van der Waals surface area (Å²) in [5.74, 6) is -0.973. The van der Waals surface area contributed by atoms with E-state index in [9.17, 15) is 19.5 Å². The summed E-state index contributed by atoms with van der Waals surface area (Å²) in [5, 5.41) is 23.9. The van der Waals surface area contributed by atoms with E-state index in [1.54, 1.807) is 11.8 Å². The molecule has 2 amide bonds. The van der Waals surface area contributed by atoms with Crippen LogP contribution in [0.2, 0.25) is 0 Å².